The number of hydrogen-bond donors (Lipinski definition) is 0. The van der Waals surface area contributed by atoms with Crippen LogP contribution in [0.1, 0.15) is 22.3 Å². The molecule has 2 aliphatic rings. The fourth-order valence-corrected chi connectivity index (χ4v) is 13.6. The van der Waals surface area contributed by atoms with E-state index in [1.54, 1.807) is 0 Å². The van der Waals surface area contributed by atoms with Crippen LogP contribution in [-0.2, 0) is 5.41 Å². The Kier molecular flexibility index (Phi) is 7.91. The first-order chi connectivity index (χ1) is 35.3. The van der Waals surface area contributed by atoms with E-state index in [-0.39, 0.29) is 0 Å². The van der Waals surface area contributed by atoms with Gasteiger partial charge in [0.2, 0.25) is 0 Å². The van der Waals surface area contributed by atoms with Crippen molar-refractivity contribution >= 4 is 75.4 Å². The van der Waals surface area contributed by atoms with Crippen molar-refractivity contribution in [3.63, 3.8) is 0 Å². The predicted octanol–water partition coefficient (Wildman–Crippen LogP) is 19.1. The molecule has 0 aromatic heterocycles. The van der Waals surface area contributed by atoms with Crippen LogP contribution in [-0.4, -0.2) is 0 Å². The standard InChI is InChI=1S/C71H42/c1-4-20-49-44(17-1)37-40-61-68-55-26-8-7-23-52(55)62-41-46(38-39-60(62)70(68)71(69(49)61)64-31-15-13-24-53(64)54-25-14-16-32-65(54)71)43-33-35-45(36-34-43)66-56-27-9-11-29-58(56)67(59-30-12-10-28-57(59)66)63-42-47-18-2-3-19-48(47)50-21-5-6-22-51(50)63/h1-42H. The van der Waals surface area contributed by atoms with Gasteiger partial charge in [0.25, 0.3) is 0 Å². The summed E-state index contributed by atoms with van der Waals surface area (Å²) in [5.74, 6) is 0. The van der Waals surface area contributed by atoms with Gasteiger partial charge in [-0.05, 0) is 165 Å². The summed E-state index contributed by atoms with van der Waals surface area (Å²) in [5.41, 5.74) is 17.8. The zero-order valence-electron chi connectivity index (χ0n) is 38.7. The summed E-state index contributed by atoms with van der Waals surface area (Å²) in [6, 6.07) is 96.2. The highest BCUT2D eigenvalue weighted by atomic mass is 14.5. The van der Waals surface area contributed by atoms with E-state index in [2.05, 4.69) is 255 Å². The first kappa shape index (κ1) is 38.8. The number of rotatable bonds is 3. The highest BCUT2D eigenvalue weighted by Gasteiger charge is 2.53. The molecule has 326 valence electrons. The number of hydrogen-bond acceptors (Lipinski definition) is 0. The molecule has 0 amide bonds. The molecule has 0 nitrogen and oxygen atoms in total. The van der Waals surface area contributed by atoms with Crippen molar-refractivity contribution in [1.82, 2.24) is 0 Å². The lowest BCUT2D eigenvalue weighted by atomic mass is 9.68. The second kappa shape index (κ2) is 14.5. The van der Waals surface area contributed by atoms with Gasteiger partial charge in [-0.1, -0.05) is 243 Å². The maximum absolute atomic E-state index is 2.47. The Morgan fingerprint density at radius 3 is 1.31 bits per heavy atom. The molecule has 0 radical (unpaired) electrons. The third-order valence-electron chi connectivity index (χ3n) is 16.4. The van der Waals surface area contributed by atoms with E-state index in [9.17, 15) is 0 Å². The van der Waals surface area contributed by atoms with Gasteiger partial charge in [0.05, 0.1) is 5.41 Å². The molecule has 14 aromatic rings. The maximum atomic E-state index is 2.47. The van der Waals surface area contributed by atoms with Gasteiger partial charge in [0.1, 0.15) is 0 Å². The molecule has 0 heteroatoms. The molecule has 0 heterocycles. The Hall–Kier alpha value is -9.10. The van der Waals surface area contributed by atoms with Gasteiger partial charge in [0, 0.05) is 0 Å². The summed E-state index contributed by atoms with van der Waals surface area (Å²) in [5, 5.41) is 17.9. The van der Waals surface area contributed by atoms with E-state index in [1.807, 2.05) is 0 Å². The second-order valence-corrected chi connectivity index (χ2v) is 19.7. The normalized spacial score (nSPS) is 13.2. The Morgan fingerprint density at radius 2 is 0.662 bits per heavy atom. The summed E-state index contributed by atoms with van der Waals surface area (Å²) in [4.78, 5) is 0. The fraction of sp³-hybridized carbons (Fsp3) is 0.0141. The molecular formula is C71H42. The zero-order chi connectivity index (χ0) is 46.4. The molecule has 0 unspecified atom stereocenters. The van der Waals surface area contributed by atoms with E-state index in [0.29, 0.717) is 0 Å². The molecule has 0 fully saturated rings. The Bertz CT molecular complexity index is 4520. The fourth-order valence-electron chi connectivity index (χ4n) is 13.6. The highest BCUT2D eigenvalue weighted by molar-refractivity contribution is 6.26. The van der Waals surface area contributed by atoms with Crippen molar-refractivity contribution in [1.29, 1.82) is 0 Å². The molecule has 0 saturated carbocycles. The average Bonchev–Trinajstić information content (AvgIpc) is 3.92. The summed E-state index contributed by atoms with van der Waals surface area (Å²) in [6.07, 6.45) is 0. The molecule has 0 aliphatic heterocycles. The molecule has 71 heavy (non-hydrogen) atoms. The van der Waals surface area contributed by atoms with Gasteiger partial charge in [0.15, 0.2) is 0 Å². The number of benzene rings is 14. The van der Waals surface area contributed by atoms with Crippen molar-refractivity contribution < 1.29 is 0 Å². The minimum absolute atomic E-state index is 0.493. The zero-order valence-corrected chi connectivity index (χ0v) is 38.7. The van der Waals surface area contributed by atoms with E-state index >= 15 is 0 Å². The molecule has 2 aliphatic carbocycles. The van der Waals surface area contributed by atoms with Gasteiger partial charge < -0.3 is 0 Å². The van der Waals surface area contributed by atoms with Crippen LogP contribution in [0.3, 0.4) is 0 Å². The SMILES string of the molecule is c1ccc2c(c1)-c1ccccc1C21c2c(ccc3ccccc23)-c2c1c1ccc(-c3ccc(-c4c5ccccc5c(-c5cc6ccccc6c6ccccc56)c5ccccc45)cc3)cc1c1ccccc21. The lowest BCUT2D eigenvalue weighted by Gasteiger charge is -2.32. The van der Waals surface area contributed by atoms with Gasteiger partial charge in [-0.15, -0.1) is 0 Å². The Morgan fingerprint density at radius 1 is 0.197 bits per heavy atom. The quantitative estimate of drug-likeness (QED) is 0.122. The third kappa shape index (κ3) is 5.13. The molecule has 14 aromatic carbocycles. The lowest BCUT2D eigenvalue weighted by Crippen LogP contribution is -2.26. The minimum Gasteiger partial charge on any atom is -0.0619 e. The van der Waals surface area contributed by atoms with E-state index in [1.165, 1.54) is 153 Å². The smallest absolute Gasteiger partial charge is 0.0619 e. The summed E-state index contributed by atoms with van der Waals surface area (Å²) >= 11 is 0. The topological polar surface area (TPSA) is 0 Å². The molecular weight excluding hydrogens is 853 g/mol. The largest absolute Gasteiger partial charge is 0.0737 e. The van der Waals surface area contributed by atoms with E-state index in [0.717, 1.165) is 0 Å². The Labute approximate surface area is 411 Å². The predicted molar refractivity (Wildman–Crippen MR) is 302 cm³/mol. The van der Waals surface area contributed by atoms with Crippen molar-refractivity contribution in [2.45, 2.75) is 5.41 Å². The summed E-state index contributed by atoms with van der Waals surface area (Å²) in [7, 11) is 0. The van der Waals surface area contributed by atoms with Crippen LogP contribution < -0.4 is 0 Å². The molecule has 0 saturated heterocycles. The summed E-state index contributed by atoms with van der Waals surface area (Å²) in [6.45, 7) is 0. The van der Waals surface area contributed by atoms with Gasteiger partial charge >= 0.3 is 0 Å². The minimum atomic E-state index is -0.493. The van der Waals surface area contributed by atoms with Crippen LogP contribution in [0, 0.1) is 0 Å². The van der Waals surface area contributed by atoms with Crippen LogP contribution in [0.25, 0.3) is 131 Å². The van der Waals surface area contributed by atoms with Gasteiger partial charge in [-0.25, -0.2) is 0 Å². The van der Waals surface area contributed by atoms with Crippen molar-refractivity contribution in [3.05, 3.63) is 277 Å². The molecule has 0 N–H and O–H groups in total. The van der Waals surface area contributed by atoms with Gasteiger partial charge in [-0.2, -0.15) is 0 Å². The first-order valence-electron chi connectivity index (χ1n) is 24.9. The first-order valence-corrected chi connectivity index (χ1v) is 24.9. The van der Waals surface area contributed by atoms with Crippen LogP contribution in [0.4, 0.5) is 0 Å². The molecule has 0 atom stereocenters. The number of fused-ring (bicyclic) bond motifs is 22. The lowest BCUT2D eigenvalue weighted by molar-refractivity contribution is 0.809. The van der Waals surface area contributed by atoms with Gasteiger partial charge in [-0.3, -0.25) is 0 Å². The molecule has 1 spiro atoms. The third-order valence-corrected chi connectivity index (χ3v) is 16.4. The van der Waals surface area contributed by atoms with E-state index in [4.69, 9.17) is 0 Å². The average molecular weight is 895 g/mol. The van der Waals surface area contributed by atoms with Crippen molar-refractivity contribution in [2.24, 2.45) is 0 Å². The van der Waals surface area contributed by atoms with Crippen molar-refractivity contribution in [3.8, 4) is 55.6 Å². The maximum Gasteiger partial charge on any atom is 0.0737 e. The monoisotopic (exact) mass is 894 g/mol. The molecule has 0 bridgehead atoms. The van der Waals surface area contributed by atoms with Crippen LogP contribution >= 0.6 is 0 Å². The van der Waals surface area contributed by atoms with Crippen molar-refractivity contribution in [2.75, 3.05) is 0 Å². The highest BCUT2D eigenvalue weighted by Crippen LogP contribution is 2.66. The van der Waals surface area contributed by atoms with Crippen LogP contribution in [0.5, 0.6) is 0 Å². The molecule has 16 rings (SSSR count). The van der Waals surface area contributed by atoms with Crippen LogP contribution in [0.15, 0.2) is 255 Å². The Balaban J connectivity index is 0.906. The summed E-state index contributed by atoms with van der Waals surface area (Å²) < 4.78 is 0. The van der Waals surface area contributed by atoms with E-state index < -0.39 is 5.41 Å². The second-order valence-electron chi connectivity index (χ2n) is 19.7. The van der Waals surface area contributed by atoms with Crippen LogP contribution in [0.2, 0.25) is 0 Å².